The predicted octanol–water partition coefficient (Wildman–Crippen LogP) is 4.63. The fourth-order valence-electron chi connectivity index (χ4n) is 2.64. The number of nitrogens with zero attached hydrogens (tertiary/aromatic N) is 1. The van der Waals surface area contributed by atoms with Crippen LogP contribution in [0.1, 0.15) is 28.4 Å². The van der Waals surface area contributed by atoms with Crippen molar-refractivity contribution < 1.29 is 27.4 Å². The largest absolute Gasteiger partial charge is 0.493 e. The number of halogens is 4. The normalized spacial score (nSPS) is 11.5. The number of benzene rings is 2. The lowest BCUT2D eigenvalue weighted by atomic mass is 10.1. The second-order valence-corrected chi connectivity index (χ2v) is 7.12. The number of rotatable bonds is 9. The van der Waals surface area contributed by atoms with Crippen LogP contribution in [0.5, 0.6) is 11.5 Å². The van der Waals surface area contributed by atoms with Crippen molar-refractivity contribution >= 4 is 17.5 Å². The summed E-state index contributed by atoms with van der Waals surface area (Å²) >= 11 is 5.64. The number of hydrogen-bond acceptors (Lipinski definition) is 4. The van der Waals surface area contributed by atoms with Crippen molar-refractivity contribution in [3.05, 3.63) is 58.1 Å². The molecule has 2 aromatic carbocycles. The van der Waals surface area contributed by atoms with Gasteiger partial charge in [0, 0.05) is 13.1 Å². The second-order valence-electron chi connectivity index (χ2n) is 6.71. The van der Waals surface area contributed by atoms with Gasteiger partial charge in [0.15, 0.2) is 0 Å². The van der Waals surface area contributed by atoms with Gasteiger partial charge < -0.3 is 19.7 Å². The number of nitrogens with one attached hydrogen (secondary N) is 1. The van der Waals surface area contributed by atoms with E-state index in [1.165, 1.54) is 6.07 Å². The summed E-state index contributed by atoms with van der Waals surface area (Å²) in [5, 5.41) is 2.24. The molecule has 30 heavy (non-hydrogen) atoms. The van der Waals surface area contributed by atoms with Crippen molar-refractivity contribution in [2.24, 2.45) is 0 Å². The van der Waals surface area contributed by atoms with Crippen molar-refractivity contribution in [2.75, 3.05) is 33.9 Å². The van der Waals surface area contributed by atoms with Crippen LogP contribution in [0.2, 0.25) is 5.02 Å². The molecule has 9 heteroatoms. The summed E-state index contributed by atoms with van der Waals surface area (Å²) in [5.74, 6) is 0.166. The summed E-state index contributed by atoms with van der Waals surface area (Å²) in [6, 6.07) is 8.52. The third kappa shape index (κ3) is 6.53. The summed E-state index contributed by atoms with van der Waals surface area (Å²) in [4.78, 5) is 14.8. The molecule has 1 N–H and O–H groups in total. The Bertz CT molecular complexity index is 873. The molecule has 0 fully saturated rings. The molecule has 0 spiro atoms. The molecule has 2 rings (SSSR count). The minimum Gasteiger partial charge on any atom is -0.493 e. The quantitative estimate of drug-likeness (QED) is 0.612. The maximum atomic E-state index is 13.0. The van der Waals surface area contributed by atoms with Crippen LogP contribution in [0, 0.1) is 0 Å². The first-order valence-corrected chi connectivity index (χ1v) is 9.68. The number of hydrogen-bond donors (Lipinski definition) is 1. The van der Waals surface area contributed by atoms with Gasteiger partial charge in [-0.3, -0.25) is 4.79 Å². The van der Waals surface area contributed by atoms with E-state index in [-0.39, 0.29) is 17.7 Å². The van der Waals surface area contributed by atoms with Gasteiger partial charge in [0.1, 0.15) is 23.7 Å². The van der Waals surface area contributed by atoms with Crippen LogP contribution in [0.3, 0.4) is 0 Å². The molecule has 5 nitrogen and oxygen atoms in total. The van der Waals surface area contributed by atoms with Crippen LogP contribution in [0.15, 0.2) is 36.4 Å². The average molecular weight is 445 g/mol. The molecule has 0 radical (unpaired) electrons. The van der Waals surface area contributed by atoms with E-state index in [0.29, 0.717) is 31.3 Å². The van der Waals surface area contributed by atoms with E-state index in [0.717, 1.165) is 12.1 Å². The summed E-state index contributed by atoms with van der Waals surface area (Å²) in [6.45, 7) is 3.01. The molecule has 0 heterocycles. The fourth-order valence-corrected chi connectivity index (χ4v) is 2.86. The molecule has 0 aliphatic heterocycles. The second kappa shape index (κ2) is 10.5. The fraction of sp³-hybridized carbons (Fsp3) is 0.381. The van der Waals surface area contributed by atoms with Gasteiger partial charge in [0.05, 0.1) is 17.2 Å². The Balaban J connectivity index is 2.21. The number of ether oxygens (including phenoxy) is 2. The van der Waals surface area contributed by atoms with Gasteiger partial charge in [-0.25, -0.2) is 0 Å². The average Bonchev–Trinajstić information content (AvgIpc) is 2.66. The molecule has 0 saturated carbocycles. The summed E-state index contributed by atoms with van der Waals surface area (Å²) in [7, 11) is 3.80. The number of amides is 1. The minimum atomic E-state index is -4.58. The van der Waals surface area contributed by atoms with Gasteiger partial charge in [-0.1, -0.05) is 23.7 Å². The lowest BCUT2D eigenvalue weighted by Crippen LogP contribution is -2.25. The maximum absolute atomic E-state index is 13.0. The highest BCUT2D eigenvalue weighted by molar-refractivity contribution is 6.31. The summed E-state index contributed by atoms with van der Waals surface area (Å²) < 4.78 is 50.4. The van der Waals surface area contributed by atoms with Crippen LogP contribution >= 0.6 is 11.6 Å². The van der Waals surface area contributed by atoms with Gasteiger partial charge in [0.2, 0.25) is 0 Å². The number of alkyl halides is 3. The Morgan fingerprint density at radius 3 is 2.40 bits per heavy atom. The highest BCUT2D eigenvalue weighted by Gasteiger charge is 2.33. The molecule has 1 amide bonds. The molecule has 0 bridgehead atoms. The molecular weight excluding hydrogens is 421 g/mol. The molecule has 2 aromatic rings. The number of carbonyl (C=O) groups is 1. The standard InChI is InChI=1S/C21H24ClF3N2O3/c1-4-29-17-6-5-7-18(30-11-10-27(2)3)19(17)20(28)26-13-14-8-9-16(22)15(12-14)21(23,24)25/h5-9,12H,4,10-11,13H2,1-3H3,(H,26,28). The highest BCUT2D eigenvalue weighted by atomic mass is 35.5. The molecule has 0 saturated heterocycles. The molecule has 164 valence electrons. The van der Waals surface area contributed by atoms with Crippen LogP contribution in [0.4, 0.5) is 13.2 Å². The monoisotopic (exact) mass is 444 g/mol. The van der Waals surface area contributed by atoms with Crippen LogP contribution < -0.4 is 14.8 Å². The molecule has 0 atom stereocenters. The lowest BCUT2D eigenvalue weighted by molar-refractivity contribution is -0.137. The van der Waals surface area contributed by atoms with Gasteiger partial charge >= 0.3 is 6.18 Å². The highest BCUT2D eigenvalue weighted by Crippen LogP contribution is 2.35. The molecule has 0 aliphatic rings. The maximum Gasteiger partial charge on any atom is 0.417 e. The Morgan fingerprint density at radius 1 is 1.13 bits per heavy atom. The van der Waals surface area contributed by atoms with E-state index >= 15 is 0 Å². The van der Waals surface area contributed by atoms with Crippen LogP contribution in [-0.2, 0) is 12.7 Å². The third-order valence-electron chi connectivity index (χ3n) is 4.10. The van der Waals surface area contributed by atoms with Gasteiger partial charge in [-0.2, -0.15) is 13.2 Å². The van der Waals surface area contributed by atoms with Gasteiger partial charge in [0.25, 0.3) is 5.91 Å². The molecule has 0 aromatic heterocycles. The zero-order chi connectivity index (χ0) is 22.3. The Kier molecular flexibility index (Phi) is 8.37. The zero-order valence-corrected chi connectivity index (χ0v) is 17.7. The first kappa shape index (κ1) is 23.8. The van der Waals surface area contributed by atoms with Crippen LogP contribution in [0.25, 0.3) is 0 Å². The summed E-state index contributed by atoms with van der Waals surface area (Å²) in [5.41, 5.74) is -0.481. The Labute approximate surface area is 178 Å². The number of carbonyl (C=O) groups excluding carboxylic acids is 1. The molecule has 0 unspecified atom stereocenters. The molecular formula is C21H24ClF3N2O3. The van der Waals surface area contributed by atoms with E-state index in [2.05, 4.69) is 5.32 Å². The SMILES string of the molecule is CCOc1cccc(OCCN(C)C)c1C(=O)NCc1ccc(Cl)c(C(F)(F)F)c1. The van der Waals surface area contributed by atoms with E-state index in [1.807, 2.05) is 19.0 Å². The predicted molar refractivity (Wildman–Crippen MR) is 109 cm³/mol. The van der Waals surface area contributed by atoms with Crippen molar-refractivity contribution in [3.8, 4) is 11.5 Å². The minimum absolute atomic E-state index is 0.114. The molecule has 0 aliphatic carbocycles. The van der Waals surface area contributed by atoms with E-state index < -0.39 is 22.7 Å². The van der Waals surface area contributed by atoms with Gasteiger partial charge in [-0.05, 0) is 50.8 Å². The zero-order valence-electron chi connectivity index (χ0n) is 17.0. The van der Waals surface area contributed by atoms with Crippen molar-refractivity contribution in [1.82, 2.24) is 10.2 Å². The number of likely N-dealkylation sites (N-methyl/N-ethyl adjacent to an activating group) is 1. The van der Waals surface area contributed by atoms with Crippen molar-refractivity contribution in [1.29, 1.82) is 0 Å². The van der Waals surface area contributed by atoms with Crippen molar-refractivity contribution in [2.45, 2.75) is 19.6 Å². The smallest absolute Gasteiger partial charge is 0.417 e. The topological polar surface area (TPSA) is 50.8 Å². The lowest BCUT2D eigenvalue weighted by Gasteiger charge is -2.17. The van der Waals surface area contributed by atoms with E-state index in [9.17, 15) is 18.0 Å². The first-order chi connectivity index (χ1) is 14.1. The first-order valence-electron chi connectivity index (χ1n) is 9.30. The van der Waals surface area contributed by atoms with E-state index in [4.69, 9.17) is 21.1 Å². The Hall–Kier alpha value is -2.45. The summed E-state index contributed by atoms with van der Waals surface area (Å²) in [6.07, 6.45) is -4.58. The third-order valence-corrected chi connectivity index (χ3v) is 4.43. The van der Waals surface area contributed by atoms with Crippen molar-refractivity contribution in [3.63, 3.8) is 0 Å². The Morgan fingerprint density at radius 2 is 1.80 bits per heavy atom. The van der Waals surface area contributed by atoms with Crippen LogP contribution in [-0.4, -0.2) is 44.7 Å². The van der Waals surface area contributed by atoms with Gasteiger partial charge in [-0.15, -0.1) is 0 Å². The van der Waals surface area contributed by atoms with E-state index in [1.54, 1.807) is 25.1 Å².